The summed E-state index contributed by atoms with van der Waals surface area (Å²) in [6, 6.07) is 25.4. The van der Waals surface area contributed by atoms with Crippen LogP contribution in [0.25, 0.3) is 21.5 Å². The number of ether oxygens (including phenoxy) is 1. The van der Waals surface area contributed by atoms with Crippen LogP contribution < -0.4 is 0 Å². The Morgan fingerprint density at radius 1 is 0.848 bits per heavy atom. The Labute approximate surface area is 192 Å². The molecule has 1 aliphatic heterocycles. The van der Waals surface area contributed by atoms with E-state index < -0.39 is 25.3 Å². The molecule has 0 saturated heterocycles. The van der Waals surface area contributed by atoms with Crippen LogP contribution in [0.5, 0.6) is 0 Å². The van der Waals surface area contributed by atoms with Crippen LogP contribution in [0.15, 0.2) is 78.9 Å². The zero-order valence-corrected chi connectivity index (χ0v) is 19.5. The van der Waals surface area contributed by atoms with E-state index >= 15 is 0 Å². The number of benzene rings is 4. The van der Waals surface area contributed by atoms with Crippen molar-refractivity contribution >= 4 is 35.1 Å². The Bertz CT molecular complexity index is 1380. The van der Waals surface area contributed by atoms with Gasteiger partial charge in [-0.2, -0.15) is 0 Å². The minimum absolute atomic E-state index is 0.212. The Morgan fingerprint density at radius 2 is 1.45 bits per heavy atom. The van der Waals surface area contributed by atoms with Gasteiger partial charge in [-0.05, 0) is 53.1 Å². The van der Waals surface area contributed by atoms with Crippen molar-refractivity contribution in [2.75, 3.05) is 13.2 Å². The van der Waals surface area contributed by atoms with E-state index in [4.69, 9.17) is 13.8 Å². The highest BCUT2D eigenvalue weighted by Gasteiger charge is 2.49. The highest BCUT2D eigenvalue weighted by Crippen LogP contribution is 2.67. The predicted molar refractivity (Wildman–Crippen MR) is 130 cm³/mol. The van der Waals surface area contributed by atoms with Crippen molar-refractivity contribution in [3.63, 3.8) is 0 Å². The van der Waals surface area contributed by atoms with Gasteiger partial charge in [0, 0.05) is 5.56 Å². The van der Waals surface area contributed by atoms with Gasteiger partial charge in [0.2, 0.25) is 0 Å². The summed E-state index contributed by atoms with van der Waals surface area (Å²) in [5.41, 5.74) is 1.16. The fourth-order valence-electron chi connectivity index (χ4n) is 4.71. The molecule has 2 atom stereocenters. The van der Waals surface area contributed by atoms with Gasteiger partial charge in [0.15, 0.2) is 0 Å². The molecule has 2 unspecified atom stereocenters. The van der Waals surface area contributed by atoms with Crippen molar-refractivity contribution in [3.05, 3.63) is 95.6 Å². The number of cyclic esters (lactones) is 1. The van der Waals surface area contributed by atoms with E-state index in [2.05, 4.69) is 0 Å². The Morgan fingerprint density at radius 3 is 2.15 bits per heavy atom. The fourth-order valence-corrected chi connectivity index (χ4v) is 6.95. The molecule has 0 amide bonds. The number of hydrogen-bond donors (Lipinski definition) is 0. The molecule has 4 aromatic carbocycles. The SMILES string of the molecule is CCOP(=O)(OCC)C(c1cccc2ccccc12)C1OC(=O)c2cc3ccccc3cc21. The lowest BCUT2D eigenvalue weighted by Gasteiger charge is -2.31. The van der Waals surface area contributed by atoms with Crippen molar-refractivity contribution in [3.8, 4) is 0 Å². The summed E-state index contributed by atoms with van der Waals surface area (Å²) in [5.74, 6) is -0.425. The van der Waals surface area contributed by atoms with Gasteiger partial charge in [-0.25, -0.2) is 4.79 Å². The van der Waals surface area contributed by atoms with E-state index in [0.717, 1.165) is 27.1 Å². The van der Waals surface area contributed by atoms with Crippen LogP contribution in [0.4, 0.5) is 0 Å². The summed E-state index contributed by atoms with van der Waals surface area (Å²) in [7, 11) is -3.72. The third kappa shape index (κ3) is 3.76. The van der Waals surface area contributed by atoms with Crippen LogP contribution in [0.1, 0.15) is 47.1 Å². The number of esters is 1. The van der Waals surface area contributed by atoms with Gasteiger partial charge < -0.3 is 13.8 Å². The zero-order chi connectivity index (χ0) is 23.0. The molecule has 1 aliphatic rings. The summed E-state index contributed by atoms with van der Waals surface area (Å²) >= 11 is 0. The topological polar surface area (TPSA) is 61.8 Å². The molecule has 0 bridgehead atoms. The maximum Gasteiger partial charge on any atom is 0.342 e. The fraction of sp³-hybridized carbons (Fsp3) is 0.222. The van der Waals surface area contributed by atoms with Crippen molar-refractivity contribution in [1.82, 2.24) is 0 Å². The lowest BCUT2D eigenvalue weighted by Crippen LogP contribution is -2.16. The van der Waals surface area contributed by atoms with Crippen LogP contribution in [-0.4, -0.2) is 19.2 Å². The van der Waals surface area contributed by atoms with E-state index in [1.165, 1.54) is 0 Å². The smallest absolute Gasteiger partial charge is 0.342 e. The van der Waals surface area contributed by atoms with E-state index in [-0.39, 0.29) is 13.2 Å². The second kappa shape index (κ2) is 8.75. The molecule has 6 heteroatoms. The number of hydrogen-bond acceptors (Lipinski definition) is 5. The van der Waals surface area contributed by atoms with E-state index in [1.807, 2.05) is 78.9 Å². The van der Waals surface area contributed by atoms with E-state index in [9.17, 15) is 9.36 Å². The quantitative estimate of drug-likeness (QED) is 0.215. The van der Waals surface area contributed by atoms with Gasteiger partial charge in [-0.15, -0.1) is 0 Å². The molecule has 1 heterocycles. The maximum absolute atomic E-state index is 14.3. The van der Waals surface area contributed by atoms with Crippen molar-refractivity contribution in [1.29, 1.82) is 0 Å². The van der Waals surface area contributed by atoms with Crippen molar-refractivity contribution in [2.24, 2.45) is 0 Å². The Kier molecular flexibility index (Phi) is 5.79. The maximum atomic E-state index is 14.3. The van der Waals surface area contributed by atoms with Gasteiger partial charge in [-0.1, -0.05) is 66.7 Å². The summed E-state index contributed by atoms with van der Waals surface area (Å²) in [5, 5.41) is 3.87. The van der Waals surface area contributed by atoms with Crippen LogP contribution >= 0.6 is 7.60 Å². The molecule has 168 valence electrons. The highest BCUT2D eigenvalue weighted by atomic mass is 31.2. The Hall–Kier alpha value is -2.98. The number of carbonyl (C=O) groups is 1. The Balaban J connectivity index is 1.77. The first kappa shape index (κ1) is 21.8. The third-order valence-corrected chi connectivity index (χ3v) is 8.53. The largest absolute Gasteiger partial charge is 0.452 e. The average molecular weight is 460 g/mol. The zero-order valence-electron chi connectivity index (χ0n) is 18.6. The van der Waals surface area contributed by atoms with Gasteiger partial charge in [-0.3, -0.25) is 4.57 Å². The van der Waals surface area contributed by atoms with Crippen molar-refractivity contribution in [2.45, 2.75) is 25.6 Å². The first-order valence-corrected chi connectivity index (χ1v) is 12.8. The molecule has 33 heavy (non-hydrogen) atoms. The second-order valence-corrected chi connectivity index (χ2v) is 10.2. The number of rotatable bonds is 7. The van der Waals surface area contributed by atoms with Gasteiger partial charge in [0.1, 0.15) is 11.8 Å². The number of carbonyl (C=O) groups excluding carboxylic acids is 1. The molecular formula is C27H25O5P. The second-order valence-electron chi connectivity index (χ2n) is 8.00. The molecule has 0 N–H and O–H groups in total. The minimum atomic E-state index is -3.72. The van der Waals surface area contributed by atoms with E-state index in [1.54, 1.807) is 13.8 Å². The average Bonchev–Trinajstić information content (AvgIpc) is 3.13. The van der Waals surface area contributed by atoms with E-state index in [0.29, 0.717) is 11.1 Å². The molecule has 0 radical (unpaired) electrons. The predicted octanol–water partition coefficient (Wildman–Crippen LogP) is 7.21. The van der Waals surface area contributed by atoms with Gasteiger partial charge in [0.05, 0.1) is 18.8 Å². The molecule has 0 aliphatic carbocycles. The molecule has 0 spiro atoms. The lowest BCUT2D eigenvalue weighted by molar-refractivity contribution is 0.0352. The van der Waals surface area contributed by atoms with Crippen molar-refractivity contribution < 1.29 is 23.1 Å². The minimum Gasteiger partial charge on any atom is -0.452 e. The monoisotopic (exact) mass is 460 g/mol. The standard InChI is InChI=1S/C27H25O5P/c1-3-30-33(29,31-4-2)26(22-15-9-13-18-10-7-8-14-21(18)22)25-23-16-19-11-5-6-12-20(19)17-24(23)27(28)32-25/h5-17,25-26H,3-4H2,1-2H3. The molecule has 0 saturated carbocycles. The molecule has 0 aromatic heterocycles. The molecule has 0 fully saturated rings. The molecule has 5 nitrogen and oxygen atoms in total. The van der Waals surface area contributed by atoms with Crippen LogP contribution in [0.3, 0.4) is 0 Å². The lowest BCUT2D eigenvalue weighted by atomic mass is 9.93. The number of fused-ring (bicyclic) bond motifs is 3. The van der Waals surface area contributed by atoms with Gasteiger partial charge in [0.25, 0.3) is 0 Å². The first-order chi connectivity index (χ1) is 16.1. The van der Waals surface area contributed by atoms with Crippen LogP contribution in [0, 0.1) is 0 Å². The highest BCUT2D eigenvalue weighted by molar-refractivity contribution is 7.54. The normalized spacial score (nSPS) is 16.7. The molecule has 4 aromatic rings. The first-order valence-electron chi connectivity index (χ1n) is 11.2. The summed E-state index contributed by atoms with van der Waals surface area (Å²) in [6.45, 7) is 4.00. The summed E-state index contributed by atoms with van der Waals surface area (Å²) < 4.78 is 31.9. The van der Waals surface area contributed by atoms with Gasteiger partial charge >= 0.3 is 13.6 Å². The van der Waals surface area contributed by atoms with Crippen LogP contribution in [0.2, 0.25) is 0 Å². The summed E-state index contributed by atoms with van der Waals surface area (Å²) in [4.78, 5) is 13.0. The van der Waals surface area contributed by atoms with Crippen LogP contribution in [-0.2, 0) is 18.3 Å². The molecule has 5 rings (SSSR count). The summed E-state index contributed by atoms with van der Waals surface area (Å²) in [6.07, 6.45) is -0.799. The third-order valence-electron chi connectivity index (χ3n) is 6.07. The molecular weight excluding hydrogens is 435 g/mol.